The van der Waals surface area contributed by atoms with Gasteiger partial charge in [0.2, 0.25) is 5.91 Å². The van der Waals surface area contributed by atoms with Crippen LogP contribution < -0.4 is 10.6 Å². The van der Waals surface area contributed by atoms with Crippen LogP contribution in [0.3, 0.4) is 0 Å². The Bertz CT molecular complexity index is 1360. The fraction of sp³-hybridized carbons (Fsp3) is 0.361. The number of rotatable bonds is 14. The molecule has 3 aromatic carbocycles. The molecule has 226 valence electrons. The molecule has 7 heteroatoms. The van der Waals surface area contributed by atoms with E-state index in [0.717, 1.165) is 63.2 Å². The van der Waals surface area contributed by atoms with Crippen LogP contribution >= 0.6 is 0 Å². The van der Waals surface area contributed by atoms with Gasteiger partial charge in [-0.05, 0) is 34.7 Å². The van der Waals surface area contributed by atoms with E-state index >= 15 is 0 Å². The molecule has 1 aliphatic rings. The first-order chi connectivity index (χ1) is 20.9. The summed E-state index contributed by atoms with van der Waals surface area (Å²) in [6.45, 7) is 9.54. The second-order valence-corrected chi connectivity index (χ2v) is 11.2. The molecular formula is C36H44N4O3. The van der Waals surface area contributed by atoms with E-state index in [1.165, 1.54) is 18.1 Å². The van der Waals surface area contributed by atoms with E-state index in [-0.39, 0.29) is 24.1 Å². The molecule has 1 fully saturated rings. The lowest BCUT2D eigenvalue weighted by molar-refractivity contribution is -0.124. The third-order valence-corrected chi connectivity index (χ3v) is 7.81. The summed E-state index contributed by atoms with van der Waals surface area (Å²) < 4.78 is 0. The van der Waals surface area contributed by atoms with Crippen LogP contribution in [-0.2, 0) is 22.7 Å². The predicted octanol–water partition coefficient (Wildman–Crippen LogP) is 5.17. The standard InChI is InChI=1S/C36H44N4O3/c1-3-4-14-34(35(42)25-37-28(2)41)38-36(43)33-13-9-8-12-32(33)20-19-29-15-17-31(18-16-29)27-40-23-21-39(22-24-40)26-30-10-6-5-7-11-30/h5-13,15-20,34H,3-4,14,21-27H2,1-2H3,(H,37,41)(H,38,43)/b20-19+. The van der Waals surface area contributed by atoms with E-state index in [4.69, 9.17) is 0 Å². The van der Waals surface area contributed by atoms with Gasteiger partial charge in [-0.2, -0.15) is 0 Å². The Morgan fingerprint density at radius 2 is 1.40 bits per heavy atom. The molecule has 1 atom stereocenters. The van der Waals surface area contributed by atoms with E-state index in [0.29, 0.717) is 12.0 Å². The quantitative estimate of drug-likeness (QED) is 0.257. The number of carbonyl (C=O) groups excluding carboxylic acids is 3. The molecule has 4 rings (SSSR count). The van der Waals surface area contributed by atoms with Gasteiger partial charge < -0.3 is 10.6 Å². The fourth-order valence-corrected chi connectivity index (χ4v) is 5.27. The topological polar surface area (TPSA) is 81.8 Å². The van der Waals surface area contributed by atoms with Crippen LogP contribution in [0.5, 0.6) is 0 Å². The Hall–Kier alpha value is -4.07. The molecule has 1 heterocycles. The van der Waals surface area contributed by atoms with Gasteiger partial charge in [0.15, 0.2) is 5.78 Å². The maximum atomic E-state index is 13.2. The monoisotopic (exact) mass is 580 g/mol. The third kappa shape index (κ3) is 10.3. The Kier molecular flexibility index (Phi) is 12.3. The van der Waals surface area contributed by atoms with Gasteiger partial charge in [0, 0.05) is 51.8 Å². The summed E-state index contributed by atoms with van der Waals surface area (Å²) in [5.41, 5.74) is 5.00. The first-order valence-electron chi connectivity index (χ1n) is 15.3. The van der Waals surface area contributed by atoms with Crippen molar-refractivity contribution in [2.24, 2.45) is 0 Å². The number of nitrogens with zero attached hydrogens (tertiary/aromatic N) is 2. The summed E-state index contributed by atoms with van der Waals surface area (Å²) in [5.74, 6) is -0.759. The van der Waals surface area contributed by atoms with Crippen LogP contribution in [-0.4, -0.2) is 66.2 Å². The van der Waals surface area contributed by atoms with E-state index in [9.17, 15) is 14.4 Å². The number of hydrogen-bond acceptors (Lipinski definition) is 5. The molecule has 43 heavy (non-hydrogen) atoms. The molecule has 1 saturated heterocycles. The molecule has 2 amide bonds. The maximum absolute atomic E-state index is 13.2. The van der Waals surface area contributed by atoms with Crippen molar-refractivity contribution in [2.45, 2.75) is 52.2 Å². The van der Waals surface area contributed by atoms with E-state index in [1.807, 2.05) is 37.3 Å². The van der Waals surface area contributed by atoms with Gasteiger partial charge in [-0.1, -0.05) is 105 Å². The summed E-state index contributed by atoms with van der Waals surface area (Å²) in [4.78, 5) is 42.3. The Balaban J connectivity index is 1.32. The van der Waals surface area contributed by atoms with Gasteiger partial charge in [-0.25, -0.2) is 0 Å². The number of nitrogens with one attached hydrogen (secondary N) is 2. The number of unbranched alkanes of at least 4 members (excludes halogenated alkanes) is 1. The van der Waals surface area contributed by atoms with Crippen molar-refractivity contribution < 1.29 is 14.4 Å². The van der Waals surface area contributed by atoms with Crippen molar-refractivity contribution in [3.63, 3.8) is 0 Å². The van der Waals surface area contributed by atoms with Gasteiger partial charge >= 0.3 is 0 Å². The van der Waals surface area contributed by atoms with E-state index < -0.39 is 6.04 Å². The van der Waals surface area contributed by atoms with Crippen LogP contribution in [0.15, 0.2) is 78.9 Å². The van der Waals surface area contributed by atoms with Crippen molar-refractivity contribution in [1.82, 2.24) is 20.4 Å². The lowest BCUT2D eigenvalue weighted by Crippen LogP contribution is -2.45. The van der Waals surface area contributed by atoms with Crippen LogP contribution in [0.25, 0.3) is 12.2 Å². The van der Waals surface area contributed by atoms with Gasteiger partial charge in [0.05, 0.1) is 12.6 Å². The molecule has 2 N–H and O–H groups in total. The molecule has 0 radical (unpaired) electrons. The van der Waals surface area contributed by atoms with Crippen LogP contribution in [0.1, 0.15) is 65.7 Å². The summed E-state index contributed by atoms with van der Waals surface area (Å²) in [5, 5.41) is 5.46. The van der Waals surface area contributed by atoms with Crippen molar-refractivity contribution >= 4 is 29.7 Å². The van der Waals surface area contributed by atoms with Crippen LogP contribution in [0.2, 0.25) is 0 Å². The van der Waals surface area contributed by atoms with Gasteiger partial charge in [-0.15, -0.1) is 0 Å². The number of amides is 2. The molecular weight excluding hydrogens is 536 g/mol. The average molecular weight is 581 g/mol. The Morgan fingerprint density at radius 3 is 2.02 bits per heavy atom. The molecule has 0 aromatic heterocycles. The number of ketones is 1. The number of Topliss-reactive ketones (excluding diaryl/α,β-unsaturated/α-hetero) is 1. The number of benzene rings is 3. The lowest BCUT2D eigenvalue weighted by atomic mass is 10.0. The minimum Gasteiger partial charge on any atom is -0.349 e. The molecule has 1 unspecified atom stereocenters. The van der Waals surface area contributed by atoms with E-state index in [1.54, 1.807) is 6.07 Å². The molecule has 1 aliphatic heterocycles. The second kappa shape index (κ2) is 16.5. The van der Waals surface area contributed by atoms with Crippen molar-refractivity contribution in [3.05, 3.63) is 107 Å². The molecule has 7 nitrogen and oxygen atoms in total. The molecule has 3 aromatic rings. The van der Waals surface area contributed by atoms with Crippen molar-refractivity contribution in [2.75, 3.05) is 32.7 Å². The van der Waals surface area contributed by atoms with Crippen molar-refractivity contribution in [1.29, 1.82) is 0 Å². The Labute approximate surface area is 256 Å². The zero-order valence-electron chi connectivity index (χ0n) is 25.4. The highest BCUT2D eigenvalue weighted by atomic mass is 16.2. The summed E-state index contributed by atoms with van der Waals surface area (Å²) in [6, 6.07) is 26.0. The number of hydrogen-bond donors (Lipinski definition) is 2. The zero-order chi connectivity index (χ0) is 30.4. The van der Waals surface area contributed by atoms with Gasteiger partial charge in [0.1, 0.15) is 0 Å². The first kappa shape index (κ1) is 31.9. The minimum absolute atomic E-state index is 0.0913. The van der Waals surface area contributed by atoms with E-state index in [2.05, 4.69) is 75.0 Å². The molecule has 0 saturated carbocycles. The van der Waals surface area contributed by atoms with Gasteiger partial charge in [-0.3, -0.25) is 24.2 Å². The molecule has 0 bridgehead atoms. The third-order valence-electron chi connectivity index (χ3n) is 7.81. The fourth-order valence-electron chi connectivity index (χ4n) is 5.27. The summed E-state index contributed by atoms with van der Waals surface area (Å²) >= 11 is 0. The smallest absolute Gasteiger partial charge is 0.252 e. The first-order valence-corrected chi connectivity index (χ1v) is 15.3. The highest BCUT2D eigenvalue weighted by Gasteiger charge is 2.22. The van der Waals surface area contributed by atoms with Crippen LogP contribution in [0.4, 0.5) is 0 Å². The van der Waals surface area contributed by atoms with Crippen LogP contribution in [0, 0.1) is 0 Å². The lowest BCUT2D eigenvalue weighted by Gasteiger charge is -2.34. The Morgan fingerprint density at radius 1 is 0.791 bits per heavy atom. The normalized spacial score (nSPS) is 14.8. The predicted molar refractivity (Wildman–Crippen MR) is 173 cm³/mol. The summed E-state index contributed by atoms with van der Waals surface area (Å²) in [7, 11) is 0. The SMILES string of the molecule is CCCCC(NC(=O)c1ccccc1/C=C/c1ccc(CN2CCN(Cc3ccccc3)CC2)cc1)C(=O)CNC(C)=O. The van der Waals surface area contributed by atoms with Crippen molar-refractivity contribution in [3.8, 4) is 0 Å². The number of carbonyl (C=O) groups is 3. The molecule has 0 spiro atoms. The highest BCUT2D eigenvalue weighted by Crippen LogP contribution is 2.17. The van der Waals surface area contributed by atoms with Gasteiger partial charge in [0.25, 0.3) is 5.91 Å². The molecule has 0 aliphatic carbocycles. The largest absolute Gasteiger partial charge is 0.349 e. The second-order valence-electron chi connectivity index (χ2n) is 11.2. The highest BCUT2D eigenvalue weighted by molar-refractivity contribution is 6.01. The zero-order valence-corrected chi connectivity index (χ0v) is 25.4. The summed E-state index contributed by atoms with van der Waals surface area (Å²) in [6.07, 6.45) is 6.20. The maximum Gasteiger partial charge on any atom is 0.252 e. The minimum atomic E-state index is -0.643. The number of piperazine rings is 1. The average Bonchev–Trinajstić information content (AvgIpc) is 3.03.